The van der Waals surface area contributed by atoms with Crippen molar-refractivity contribution in [1.29, 1.82) is 0 Å². The molecule has 33 heavy (non-hydrogen) atoms. The molecule has 0 rings (SSSR count). The van der Waals surface area contributed by atoms with Crippen LogP contribution < -0.4 is 0 Å². The zero-order valence-electron chi connectivity index (χ0n) is 21.1. The lowest BCUT2D eigenvalue weighted by Gasteiger charge is -2.05. The van der Waals surface area contributed by atoms with Gasteiger partial charge in [-0.3, -0.25) is 9.59 Å². The Hall–Kier alpha value is 0.400. The van der Waals surface area contributed by atoms with Crippen LogP contribution in [0.2, 0.25) is 0 Å². The minimum absolute atomic E-state index is 0.0273. The predicted molar refractivity (Wildman–Crippen MR) is 157 cm³/mol. The molecule has 0 saturated heterocycles. The fraction of sp³-hybridized carbons (Fsp3) is 0.926. The van der Waals surface area contributed by atoms with Crippen LogP contribution in [-0.2, 0) is 19.1 Å². The van der Waals surface area contributed by atoms with E-state index < -0.39 is 0 Å². The van der Waals surface area contributed by atoms with Crippen LogP contribution in [0.4, 0.5) is 0 Å². The molecule has 0 unspecified atom stereocenters. The van der Waals surface area contributed by atoms with Gasteiger partial charge in [-0.2, -0.15) is 0 Å². The number of carbonyl (C=O) groups is 2. The molecule has 0 aromatic rings. The average molecular weight is 693 g/mol. The molecule has 0 heterocycles. The van der Waals surface area contributed by atoms with Crippen LogP contribution >= 0.6 is 45.2 Å². The quantitative estimate of drug-likeness (QED) is 0.0393. The molecule has 0 aliphatic carbocycles. The third-order valence-electron chi connectivity index (χ3n) is 5.84. The lowest BCUT2D eigenvalue weighted by Crippen LogP contribution is -2.05. The molecule has 6 heteroatoms. The highest BCUT2D eigenvalue weighted by atomic mass is 127. The van der Waals surface area contributed by atoms with Gasteiger partial charge in [-0.1, -0.05) is 141 Å². The van der Waals surface area contributed by atoms with Crippen LogP contribution in [0.5, 0.6) is 0 Å². The van der Waals surface area contributed by atoms with Crippen molar-refractivity contribution in [3.63, 3.8) is 0 Å². The summed E-state index contributed by atoms with van der Waals surface area (Å²) in [7, 11) is 0. The standard InChI is InChI=1S/C27H50I2O4/c28-22-18-20-26(30)32-24-16-14-12-10-8-6-4-2-1-3-5-7-9-11-13-15-17-25-33-27(31)21-19-23-29/h1-25H2. The van der Waals surface area contributed by atoms with Gasteiger partial charge in [-0.25, -0.2) is 0 Å². The Morgan fingerprint density at radius 3 is 0.879 bits per heavy atom. The molecule has 0 atom stereocenters. The van der Waals surface area contributed by atoms with Crippen LogP contribution in [0.3, 0.4) is 0 Å². The summed E-state index contributed by atoms with van der Waals surface area (Å²) in [4.78, 5) is 22.8. The Morgan fingerprint density at radius 2 is 0.636 bits per heavy atom. The normalized spacial score (nSPS) is 11.0. The molecule has 0 spiro atoms. The third-order valence-corrected chi connectivity index (χ3v) is 7.37. The molecular formula is C27H50I2O4. The molecule has 0 amide bonds. The van der Waals surface area contributed by atoms with Crippen molar-refractivity contribution in [1.82, 2.24) is 0 Å². The first-order chi connectivity index (χ1) is 16.2. The fourth-order valence-corrected chi connectivity index (χ4v) is 4.56. The Labute approximate surface area is 231 Å². The lowest BCUT2D eigenvalue weighted by atomic mass is 10.0. The highest BCUT2D eigenvalue weighted by Gasteiger charge is 2.02. The first-order valence-corrected chi connectivity index (χ1v) is 16.7. The van der Waals surface area contributed by atoms with Gasteiger partial charge in [0.2, 0.25) is 0 Å². The number of carbonyl (C=O) groups excluding carboxylic acids is 2. The second kappa shape index (κ2) is 28.6. The first-order valence-electron chi connectivity index (χ1n) is 13.6. The molecule has 0 fully saturated rings. The van der Waals surface area contributed by atoms with Crippen molar-refractivity contribution in [3.05, 3.63) is 0 Å². The Morgan fingerprint density at radius 1 is 0.394 bits per heavy atom. The number of halogens is 2. The fourth-order valence-electron chi connectivity index (χ4n) is 3.79. The smallest absolute Gasteiger partial charge is 0.305 e. The monoisotopic (exact) mass is 692 g/mol. The minimum Gasteiger partial charge on any atom is -0.466 e. The summed E-state index contributed by atoms with van der Waals surface area (Å²) in [5.41, 5.74) is 0. The summed E-state index contributed by atoms with van der Waals surface area (Å²) in [5, 5.41) is 0. The summed E-state index contributed by atoms with van der Waals surface area (Å²) in [6, 6.07) is 0. The van der Waals surface area contributed by atoms with Gasteiger partial charge in [0.05, 0.1) is 13.2 Å². The molecule has 0 radical (unpaired) electrons. The number of esters is 2. The van der Waals surface area contributed by atoms with Crippen LogP contribution in [-0.4, -0.2) is 34.0 Å². The predicted octanol–water partition coefficient (Wildman–Crippen LogP) is 9.13. The van der Waals surface area contributed by atoms with Gasteiger partial charge in [0, 0.05) is 21.7 Å². The second-order valence-corrected chi connectivity index (χ2v) is 11.2. The van der Waals surface area contributed by atoms with Gasteiger partial charge in [0.1, 0.15) is 0 Å². The molecule has 0 saturated carbocycles. The van der Waals surface area contributed by atoms with E-state index >= 15 is 0 Å². The van der Waals surface area contributed by atoms with E-state index in [0.29, 0.717) is 26.1 Å². The summed E-state index contributed by atoms with van der Waals surface area (Å²) < 4.78 is 12.5. The van der Waals surface area contributed by atoms with E-state index in [2.05, 4.69) is 45.2 Å². The van der Waals surface area contributed by atoms with Gasteiger partial charge in [0.25, 0.3) is 0 Å². The van der Waals surface area contributed by atoms with E-state index in [4.69, 9.17) is 9.47 Å². The van der Waals surface area contributed by atoms with Gasteiger partial charge in [-0.05, 0) is 25.7 Å². The number of ether oxygens (including phenoxy) is 2. The van der Waals surface area contributed by atoms with Gasteiger partial charge >= 0.3 is 11.9 Å². The van der Waals surface area contributed by atoms with Crippen LogP contribution in [0, 0.1) is 0 Å². The average Bonchev–Trinajstić information content (AvgIpc) is 2.82. The van der Waals surface area contributed by atoms with Crippen molar-refractivity contribution < 1.29 is 19.1 Å². The Balaban J connectivity index is 3.10. The maximum atomic E-state index is 11.4. The van der Waals surface area contributed by atoms with E-state index in [0.717, 1.165) is 34.5 Å². The summed E-state index contributed by atoms with van der Waals surface area (Å²) in [5.74, 6) is -0.0547. The summed E-state index contributed by atoms with van der Waals surface area (Å²) >= 11 is 4.58. The maximum Gasteiger partial charge on any atom is 0.305 e. The zero-order valence-corrected chi connectivity index (χ0v) is 25.4. The van der Waals surface area contributed by atoms with Gasteiger partial charge < -0.3 is 9.47 Å². The third kappa shape index (κ3) is 28.5. The first kappa shape index (κ1) is 33.4. The van der Waals surface area contributed by atoms with E-state index in [9.17, 15) is 9.59 Å². The molecule has 4 nitrogen and oxygen atoms in total. The molecule has 0 aromatic carbocycles. The van der Waals surface area contributed by atoms with Crippen LogP contribution in [0.15, 0.2) is 0 Å². The lowest BCUT2D eigenvalue weighted by molar-refractivity contribution is -0.144. The van der Waals surface area contributed by atoms with Crippen molar-refractivity contribution in [3.8, 4) is 0 Å². The highest BCUT2D eigenvalue weighted by molar-refractivity contribution is 14.1. The summed E-state index contributed by atoms with van der Waals surface area (Å²) in [6.45, 7) is 1.21. The SMILES string of the molecule is O=C(CCCI)OCCCCCCCCCCCCCCCCCCCOC(=O)CCCI. The summed E-state index contributed by atoms with van der Waals surface area (Å²) in [6.07, 6.45) is 25.0. The van der Waals surface area contributed by atoms with E-state index in [-0.39, 0.29) is 11.9 Å². The van der Waals surface area contributed by atoms with Crippen molar-refractivity contribution >= 4 is 57.1 Å². The van der Waals surface area contributed by atoms with Crippen molar-refractivity contribution in [2.24, 2.45) is 0 Å². The highest BCUT2D eigenvalue weighted by Crippen LogP contribution is 2.14. The van der Waals surface area contributed by atoms with Crippen molar-refractivity contribution in [2.45, 2.75) is 135 Å². The molecule has 0 aliphatic rings. The van der Waals surface area contributed by atoms with Crippen LogP contribution in [0.1, 0.15) is 135 Å². The topological polar surface area (TPSA) is 52.6 Å². The Bertz CT molecular complexity index is 394. The Kier molecular flexibility index (Phi) is 29.0. The van der Waals surface area contributed by atoms with Gasteiger partial charge in [-0.15, -0.1) is 0 Å². The molecule has 0 aromatic heterocycles. The number of unbranched alkanes of at least 4 members (excludes halogenated alkanes) is 16. The number of hydrogen-bond donors (Lipinski definition) is 0. The van der Waals surface area contributed by atoms with E-state index in [1.165, 1.54) is 96.3 Å². The van der Waals surface area contributed by atoms with Crippen LogP contribution in [0.25, 0.3) is 0 Å². The van der Waals surface area contributed by atoms with Crippen molar-refractivity contribution in [2.75, 3.05) is 22.1 Å². The maximum absolute atomic E-state index is 11.4. The molecule has 0 N–H and O–H groups in total. The van der Waals surface area contributed by atoms with E-state index in [1.807, 2.05) is 0 Å². The molecule has 0 bridgehead atoms. The largest absolute Gasteiger partial charge is 0.466 e. The number of alkyl halides is 2. The number of hydrogen-bond acceptors (Lipinski definition) is 4. The molecule has 0 aliphatic heterocycles. The molecular weight excluding hydrogens is 642 g/mol. The number of rotatable bonds is 26. The van der Waals surface area contributed by atoms with Gasteiger partial charge in [0.15, 0.2) is 0 Å². The molecule has 196 valence electrons. The van der Waals surface area contributed by atoms with E-state index in [1.54, 1.807) is 0 Å². The minimum atomic E-state index is -0.0273. The second-order valence-electron chi connectivity index (χ2n) is 9.04. The zero-order chi connectivity index (χ0) is 24.2.